The average molecular weight is 502 g/mol. The van der Waals surface area contributed by atoms with Crippen molar-refractivity contribution in [2.24, 2.45) is 0 Å². The van der Waals surface area contributed by atoms with E-state index < -0.39 is 5.97 Å². The van der Waals surface area contributed by atoms with Gasteiger partial charge in [0.05, 0.1) is 12.7 Å². The summed E-state index contributed by atoms with van der Waals surface area (Å²) in [6, 6.07) is 0. The van der Waals surface area contributed by atoms with Crippen LogP contribution in [0.1, 0.15) is 122 Å². The summed E-state index contributed by atoms with van der Waals surface area (Å²) in [5, 5.41) is 18.0. The molecule has 0 aromatic carbocycles. The maximum atomic E-state index is 12.0. The number of hydrogen-bond acceptors (Lipinski definition) is 6. The highest BCUT2D eigenvalue weighted by Gasteiger charge is 2.11. The van der Waals surface area contributed by atoms with Crippen molar-refractivity contribution >= 4 is 11.9 Å². The molecule has 2 N–H and O–H groups in total. The van der Waals surface area contributed by atoms with Crippen LogP contribution in [0.25, 0.3) is 0 Å². The molecule has 0 fully saturated rings. The lowest BCUT2D eigenvalue weighted by atomic mass is 10.1. The topological polar surface area (TPSA) is 96.3 Å². The summed E-state index contributed by atoms with van der Waals surface area (Å²) in [5.74, 6) is -0.826. The summed E-state index contributed by atoms with van der Waals surface area (Å²) in [7, 11) is 1.69. The number of aliphatic carboxylic acids is 1. The van der Waals surface area contributed by atoms with Crippen LogP contribution in [0.2, 0.25) is 0 Å². The molecule has 0 radical (unpaired) electrons. The van der Waals surface area contributed by atoms with Crippen LogP contribution in [-0.4, -0.2) is 73.1 Å². The van der Waals surface area contributed by atoms with E-state index in [1.807, 2.05) is 0 Å². The SMILES string of the molecule is CCCCCCCC(COC(=O)CCCCCCCN(CCO)CCCCCCCC(=O)O)OC. The van der Waals surface area contributed by atoms with Gasteiger partial charge in [0.25, 0.3) is 0 Å². The molecule has 1 unspecified atom stereocenters. The number of aliphatic hydroxyl groups excluding tert-OH is 1. The van der Waals surface area contributed by atoms with Crippen LogP contribution in [0, 0.1) is 0 Å². The van der Waals surface area contributed by atoms with Crippen molar-refractivity contribution in [3.05, 3.63) is 0 Å². The van der Waals surface area contributed by atoms with Gasteiger partial charge >= 0.3 is 11.9 Å². The summed E-state index contributed by atoms with van der Waals surface area (Å²) in [5.41, 5.74) is 0. The number of carbonyl (C=O) groups excluding carboxylic acids is 1. The molecule has 1 atom stereocenters. The van der Waals surface area contributed by atoms with Gasteiger partial charge in [-0.3, -0.25) is 9.59 Å². The zero-order chi connectivity index (χ0) is 26.0. The molecular formula is C28H55NO6. The fourth-order valence-corrected chi connectivity index (χ4v) is 4.26. The monoisotopic (exact) mass is 501 g/mol. The number of esters is 1. The van der Waals surface area contributed by atoms with E-state index in [0.29, 0.717) is 19.6 Å². The molecule has 208 valence electrons. The first-order valence-corrected chi connectivity index (χ1v) is 14.3. The Morgan fingerprint density at radius 3 is 1.86 bits per heavy atom. The van der Waals surface area contributed by atoms with E-state index in [9.17, 15) is 14.7 Å². The van der Waals surface area contributed by atoms with E-state index in [1.54, 1.807) is 7.11 Å². The van der Waals surface area contributed by atoms with Gasteiger partial charge in [0.15, 0.2) is 0 Å². The van der Waals surface area contributed by atoms with Gasteiger partial charge in [-0.05, 0) is 45.2 Å². The molecule has 0 saturated heterocycles. The fourth-order valence-electron chi connectivity index (χ4n) is 4.26. The van der Waals surface area contributed by atoms with Gasteiger partial charge in [-0.2, -0.15) is 0 Å². The number of hydrogen-bond donors (Lipinski definition) is 2. The van der Waals surface area contributed by atoms with Crippen LogP contribution in [0.5, 0.6) is 0 Å². The highest BCUT2D eigenvalue weighted by Crippen LogP contribution is 2.12. The number of carbonyl (C=O) groups is 2. The lowest BCUT2D eigenvalue weighted by Crippen LogP contribution is -2.29. The lowest BCUT2D eigenvalue weighted by Gasteiger charge is -2.21. The van der Waals surface area contributed by atoms with Gasteiger partial charge in [-0.15, -0.1) is 0 Å². The molecule has 0 aliphatic heterocycles. The lowest BCUT2D eigenvalue weighted by molar-refractivity contribution is -0.147. The Morgan fingerprint density at radius 2 is 1.29 bits per heavy atom. The molecule has 35 heavy (non-hydrogen) atoms. The molecule has 0 saturated carbocycles. The Hall–Kier alpha value is -1.18. The molecule has 0 amide bonds. The summed E-state index contributed by atoms with van der Waals surface area (Å²) in [6.07, 6.45) is 18.1. The normalized spacial score (nSPS) is 12.2. The second-order valence-electron chi connectivity index (χ2n) is 9.74. The van der Waals surface area contributed by atoms with Crippen molar-refractivity contribution in [1.29, 1.82) is 0 Å². The van der Waals surface area contributed by atoms with Crippen LogP contribution in [0.4, 0.5) is 0 Å². The van der Waals surface area contributed by atoms with Gasteiger partial charge in [0.2, 0.25) is 0 Å². The number of methoxy groups -OCH3 is 1. The van der Waals surface area contributed by atoms with E-state index in [0.717, 1.165) is 90.1 Å². The minimum absolute atomic E-state index is 0.0133. The second-order valence-corrected chi connectivity index (χ2v) is 9.74. The minimum Gasteiger partial charge on any atom is -0.481 e. The predicted molar refractivity (Wildman–Crippen MR) is 142 cm³/mol. The molecule has 0 spiro atoms. The van der Waals surface area contributed by atoms with E-state index in [-0.39, 0.29) is 25.1 Å². The maximum Gasteiger partial charge on any atom is 0.305 e. The molecule has 0 heterocycles. The molecular weight excluding hydrogens is 446 g/mol. The van der Waals surface area contributed by atoms with Gasteiger partial charge in [-0.1, -0.05) is 77.6 Å². The van der Waals surface area contributed by atoms with Crippen LogP contribution in [-0.2, 0) is 19.1 Å². The van der Waals surface area contributed by atoms with E-state index in [1.165, 1.54) is 25.7 Å². The number of aliphatic hydroxyl groups is 1. The molecule has 0 aliphatic carbocycles. The highest BCUT2D eigenvalue weighted by molar-refractivity contribution is 5.69. The molecule has 7 nitrogen and oxygen atoms in total. The average Bonchev–Trinajstić information content (AvgIpc) is 2.84. The van der Waals surface area contributed by atoms with Crippen molar-refractivity contribution in [1.82, 2.24) is 4.90 Å². The van der Waals surface area contributed by atoms with Crippen molar-refractivity contribution in [2.75, 3.05) is 40.0 Å². The van der Waals surface area contributed by atoms with Crippen LogP contribution >= 0.6 is 0 Å². The number of rotatable bonds is 27. The number of nitrogens with zero attached hydrogens (tertiary/aromatic N) is 1. The smallest absolute Gasteiger partial charge is 0.305 e. The van der Waals surface area contributed by atoms with E-state index in [4.69, 9.17) is 14.6 Å². The standard InChI is InChI=1S/C28H55NO6/c1-3-4-5-8-13-18-26(34-2)25-35-28(33)20-15-10-7-12-17-22-29(23-24-30)21-16-11-6-9-14-19-27(31)32/h26,30H,3-25H2,1-2H3,(H,31,32). The third kappa shape index (κ3) is 24.3. The molecule has 0 aliphatic rings. The largest absolute Gasteiger partial charge is 0.481 e. The summed E-state index contributed by atoms with van der Waals surface area (Å²) >= 11 is 0. The summed E-state index contributed by atoms with van der Waals surface area (Å²) in [4.78, 5) is 24.9. The minimum atomic E-state index is -0.710. The Bertz CT molecular complexity index is 488. The van der Waals surface area contributed by atoms with Crippen molar-refractivity contribution in [2.45, 2.75) is 129 Å². The fraction of sp³-hybridized carbons (Fsp3) is 0.929. The number of ether oxygens (including phenoxy) is 2. The first kappa shape index (κ1) is 33.8. The van der Waals surface area contributed by atoms with Crippen LogP contribution in [0.15, 0.2) is 0 Å². The zero-order valence-electron chi connectivity index (χ0n) is 22.8. The Morgan fingerprint density at radius 1 is 0.743 bits per heavy atom. The van der Waals surface area contributed by atoms with Gasteiger partial charge in [0, 0.05) is 26.5 Å². The van der Waals surface area contributed by atoms with Gasteiger partial charge < -0.3 is 24.6 Å². The Labute approximate surface area is 214 Å². The first-order valence-electron chi connectivity index (χ1n) is 14.3. The highest BCUT2D eigenvalue weighted by atomic mass is 16.6. The summed E-state index contributed by atoms with van der Waals surface area (Å²) in [6.45, 7) is 5.47. The van der Waals surface area contributed by atoms with Gasteiger partial charge in [0.1, 0.15) is 6.61 Å². The first-order chi connectivity index (χ1) is 17.0. The number of carboxylic acids is 1. The van der Waals surface area contributed by atoms with E-state index in [2.05, 4.69) is 11.8 Å². The Balaban J connectivity index is 3.69. The number of unbranched alkanes of at least 4 members (excludes halogenated alkanes) is 12. The molecule has 0 aromatic rings. The summed E-state index contributed by atoms with van der Waals surface area (Å²) < 4.78 is 10.9. The van der Waals surface area contributed by atoms with Crippen molar-refractivity contribution in [3.63, 3.8) is 0 Å². The second kappa shape index (κ2) is 25.9. The van der Waals surface area contributed by atoms with Gasteiger partial charge in [-0.25, -0.2) is 0 Å². The number of carboxylic acid groups (broad SMARTS) is 1. The quantitative estimate of drug-likeness (QED) is 0.106. The molecule has 7 heteroatoms. The van der Waals surface area contributed by atoms with Crippen LogP contribution < -0.4 is 0 Å². The zero-order valence-corrected chi connectivity index (χ0v) is 22.8. The third-order valence-corrected chi connectivity index (χ3v) is 6.53. The van der Waals surface area contributed by atoms with Crippen molar-refractivity contribution in [3.8, 4) is 0 Å². The van der Waals surface area contributed by atoms with E-state index >= 15 is 0 Å². The molecule has 0 aromatic heterocycles. The Kier molecular flexibility index (Phi) is 25.0. The van der Waals surface area contributed by atoms with Crippen LogP contribution in [0.3, 0.4) is 0 Å². The molecule has 0 rings (SSSR count). The third-order valence-electron chi connectivity index (χ3n) is 6.53. The predicted octanol–water partition coefficient (Wildman–Crippen LogP) is 5.97. The maximum absolute atomic E-state index is 12.0. The van der Waals surface area contributed by atoms with Crippen molar-refractivity contribution < 1.29 is 29.3 Å². The molecule has 0 bridgehead atoms.